The summed E-state index contributed by atoms with van der Waals surface area (Å²) < 4.78 is 0. The van der Waals surface area contributed by atoms with E-state index in [9.17, 15) is 4.79 Å². The molecule has 12 heavy (non-hydrogen) atoms. The van der Waals surface area contributed by atoms with Crippen LogP contribution in [0.25, 0.3) is 0 Å². The number of ketones is 1. The van der Waals surface area contributed by atoms with Gasteiger partial charge >= 0.3 is 0 Å². The highest BCUT2D eigenvalue weighted by Gasteiger charge is 2.13. The Kier molecular flexibility index (Phi) is 4.74. The molecule has 1 nitrogen and oxygen atoms in total. The lowest BCUT2D eigenvalue weighted by molar-refractivity contribution is -0.118. The first-order chi connectivity index (χ1) is 5.80. The van der Waals surface area contributed by atoms with Crippen LogP contribution in [-0.4, -0.2) is 11.0 Å². The Hall–Kier alpha value is 0.0200. The van der Waals surface area contributed by atoms with E-state index in [1.807, 2.05) is 0 Å². The molecule has 1 saturated carbocycles. The number of thiol groups is 1. The number of carbonyl (C=O) groups is 1. The zero-order chi connectivity index (χ0) is 8.81. The van der Waals surface area contributed by atoms with Crippen molar-refractivity contribution in [3.8, 4) is 0 Å². The van der Waals surface area contributed by atoms with Gasteiger partial charge in [-0.05, 0) is 12.8 Å². The minimum Gasteiger partial charge on any atom is -0.298 e. The molecule has 0 aromatic rings. The van der Waals surface area contributed by atoms with Crippen LogP contribution >= 0.6 is 12.6 Å². The van der Waals surface area contributed by atoms with Crippen molar-refractivity contribution in [1.82, 2.24) is 0 Å². The van der Waals surface area contributed by atoms with E-state index < -0.39 is 0 Å². The van der Waals surface area contributed by atoms with Crippen LogP contribution in [0.2, 0.25) is 0 Å². The van der Waals surface area contributed by atoms with E-state index in [0.29, 0.717) is 5.78 Å². The van der Waals surface area contributed by atoms with Gasteiger partial charge in [0.15, 0.2) is 0 Å². The van der Waals surface area contributed by atoms with Gasteiger partial charge in [0.2, 0.25) is 0 Å². The van der Waals surface area contributed by atoms with E-state index in [0.717, 1.165) is 19.3 Å². The van der Waals surface area contributed by atoms with Gasteiger partial charge in [0.1, 0.15) is 5.78 Å². The smallest absolute Gasteiger partial charge is 0.145 e. The van der Waals surface area contributed by atoms with Crippen LogP contribution in [0.3, 0.4) is 0 Å². The summed E-state index contributed by atoms with van der Waals surface area (Å²) in [5.41, 5.74) is 0. The van der Waals surface area contributed by atoms with Gasteiger partial charge in [-0.15, -0.1) is 0 Å². The van der Waals surface area contributed by atoms with Gasteiger partial charge in [-0.25, -0.2) is 0 Å². The van der Waals surface area contributed by atoms with Gasteiger partial charge in [-0.2, -0.15) is 12.6 Å². The topological polar surface area (TPSA) is 17.1 Å². The quantitative estimate of drug-likeness (QED) is 0.575. The summed E-state index contributed by atoms with van der Waals surface area (Å²) in [5, 5.41) is 0.0306. The van der Waals surface area contributed by atoms with Crippen LogP contribution in [0.5, 0.6) is 0 Å². The number of carbonyl (C=O) groups excluding carboxylic acids is 1. The molecule has 0 amide bonds. The molecule has 0 radical (unpaired) electrons. The summed E-state index contributed by atoms with van der Waals surface area (Å²) in [5.74, 6) is 0.361. The molecule has 0 spiro atoms. The van der Waals surface area contributed by atoms with Gasteiger partial charge in [0.05, 0.1) is 5.25 Å². The Bertz CT molecular complexity index is 145. The largest absolute Gasteiger partial charge is 0.298 e. The van der Waals surface area contributed by atoms with Crippen molar-refractivity contribution in [2.24, 2.45) is 0 Å². The second-order valence-electron chi connectivity index (χ2n) is 3.64. The molecule has 0 bridgehead atoms. The van der Waals surface area contributed by atoms with Crippen molar-refractivity contribution in [3.05, 3.63) is 0 Å². The summed E-state index contributed by atoms with van der Waals surface area (Å²) in [6.07, 6.45) is 9.17. The number of hydrogen-bond acceptors (Lipinski definition) is 2. The standard InChI is InChI=1S/C10H18OS/c11-9-7-5-3-1-2-4-6-8-10(9)12/h10,12H,1-8H2. The Labute approximate surface area is 80.3 Å². The van der Waals surface area contributed by atoms with Gasteiger partial charge in [0.25, 0.3) is 0 Å². The predicted molar refractivity (Wildman–Crippen MR) is 54.7 cm³/mol. The maximum absolute atomic E-state index is 11.4. The molecule has 1 aliphatic carbocycles. The zero-order valence-electron chi connectivity index (χ0n) is 7.59. The summed E-state index contributed by atoms with van der Waals surface area (Å²) in [7, 11) is 0. The highest BCUT2D eigenvalue weighted by molar-refractivity contribution is 7.81. The predicted octanol–water partition coefficient (Wildman–Crippen LogP) is 2.99. The van der Waals surface area contributed by atoms with Crippen LogP contribution in [0, 0.1) is 0 Å². The van der Waals surface area contributed by atoms with Crippen LogP contribution in [0.1, 0.15) is 51.4 Å². The van der Waals surface area contributed by atoms with Crippen LogP contribution in [0.4, 0.5) is 0 Å². The lowest BCUT2D eigenvalue weighted by atomic mass is 10.00. The highest BCUT2D eigenvalue weighted by Crippen LogP contribution is 2.17. The fourth-order valence-corrected chi connectivity index (χ4v) is 1.98. The summed E-state index contributed by atoms with van der Waals surface area (Å²) in [4.78, 5) is 11.4. The molecule has 2 heteroatoms. The first-order valence-electron chi connectivity index (χ1n) is 5.01. The van der Waals surface area contributed by atoms with E-state index in [-0.39, 0.29) is 5.25 Å². The molecule has 1 aliphatic rings. The number of rotatable bonds is 0. The van der Waals surface area contributed by atoms with Crippen LogP contribution < -0.4 is 0 Å². The normalized spacial score (nSPS) is 28.4. The average Bonchev–Trinajstić information content (AvgIpc) is 2.08. The molecule has 1 unspecified atom stereocenters. The SMILES string of the molecule is O=C1CCCCCCCCC1S. The van der Waals surface area contributed by atoms with Gasteiger partial charge < -0.3 is 0 Å². The van der Waals surface area contributed by atoms with Crippen LogP contribution in [0.15, 0.2) is 0 Å². The lowest BCUT2D eigenvalue weighted by Gasteiger charge is -2.11. The minimum absolute atomic E-state index is 0.0306. The average molecular weight is 186 g/mol. The third kappa shape index (κ3) is 3.61. The molecule has 0 aliphatic heterocycles. The molecule has 0 saturated heterocycles. The van der Waals surface area contributed by atoms with Crippen molar-refractivity contribution in [1.29, 1.82) is 0 Å². The number of hydrogen-bond donors (Lipinski definition) is 1. The van der Waals surface area contributed by atoms with E-state index in [1.54, 1.807) is 0 Å². The number of Topliss-reactive ketones (excluding diaryl/α,β-unsaturated/α-hetero) is 1. The lowest BCUT2D eigenvalue weighted by Crippen LogP contribution is -2.14. The van der Waals surface area contributed by atoms with Crippen molar-refractivity contribution < 1.29 is 4.79 Å². The molecule has 0 heterocycles. The van der Waals surface area contributed by atoms with Crippen molar-refractivity contribution >= 4 is 18.4 Å². The van der Waals surface area contributed by atoms with Gasteiger partial charge in [-0.3, -0.25) is 4.79 Å². The fraction of sp³-hybridized carbons (Fsp3) is 0.900. The Morgan fingerprint density at radius 2 is 1.58 bits per heavy atom. The highest BCUT2D eigenvalue weighted by atomic mass is 32.1. The van der Waals surface area contributed by atoms with E-state index >= 15 is 0 Å². The molecule has 0 aromatic carbocycles. The Balaban J connectivity index is 2.31. The Morgan fingerprint density at radius 3 is 2.33 bits per heavy atom. The summed E-state index contributed by atoms with van der Waals surface area (Å²) in [6.45, 7) is 0. The van der Waals surface area contributed by atoms with Gasteiger partial charge in [0, 0.05) is 6.42 Å². The minimum atomic E-state index is 0.0306. The van der Waals surface area contributed by atoms with Crippen molar-refractivity contribution in [3.63, 3.8) is 0 Å². The molecule has 0 aromatic heterocycles. The summed E-state index contributed by atoms with van der Waals surface area (Å²) >= 11 is 4.31. The summed E-state index contributed by atoms with van der Waals surface area (Å²) in [6, 6.07) is 0. The van der Waals surface area contributed by atoms with Gasteiger partial charge in [-0.1, -0.05) is 32.1 Å². The van der Waals surface area contributed by atoms with Crippen LogP contribution in [-0.2, 0) is 4.79 Å². The van der Waals surface area contributed by atoms with E-state index in [1.165, 1.54) is 32.1 Å². The molecule has 1 rings (SSSR count). The Morgan fingerprint density at radius 1 is 1.00 bits per heavy atom. The van der Waals surface area contributed by atoms with Crippen molar-refractivity contribution in [2.75, 3.05) is 0 Å². The molecule has 0 N–H and O–H groups in total. The second-order valence-corrected chi connectivity index (χ2v) is 4.27. The first kappa shape index (κ1) is 10.1. The first-order valence-corrected chi connectivity index (χ1v) is 5.53. The zero-order valence-corrected chi connectivity index (χ0v) is 8.48. The fourth-order valence-electron chi connectivity index (χ4n) is 1.67. The molecule has 1 atom stereocenters. The maximum atomic E-state index is 11.4. The molecular weight excluding hydrogens is 168 g/mol. The van der Waals surface area contributed by atoms with Crippen molar-refractivity contribution in [2.45, 2.75) is 56.6 Å². The van der Waals surface area contributed by atoms with E-state index in [4.69, 9.17) is 0 Å². The molecule has 70 valence electrons. The maximum Gasteiger partial charge on any atom is 0.145 e. The third-order valence-corrected chi connectivity index (χ3v) is 3.07. The van der Waals surface area contributed by atoms with E-state index in [2.05, 4.69) is 12.6 Å². The second kappa shape index (κ2) is 5.63. The monoisotopic (exact) mass is 186 g/mol. The molecule has 1 fully saturated rings. The molecular formula is C10H18OS. The third-order valence-electron chi connectivity index (χ3n) is 2.52.